The van der Waals surface area contributed by atoms with E-state index in [-0.39, 0.29) is 17.6 Å². The number of β-amino-alcohol motifs (C(OH)–C–C–N with tert-alkyl or cyclic N) is 1. The second kappa shape index (κ2) is 10.9. The van der Waals surface area contributed by atoms with E-state index in [0.29, 0.717) is 24.9 Å². The van der Waals surface area contributed by atoms with E-state index in [0.717, 1.165) is 11.6 Å². The fourth-order valence-electron chi connectivity index (χ4n) is 3.59. The summed E-state index contributed by atoms with van der Waals surface area (Å²) in [7, 11) is 0. The Hall–Kier alpha value is -1.10. The number of aliphatic hydroxyl groups is 1. The van der Waals surface area contributed by atoms with Crippen LogP contribution in [0.4, 0.5) is 0 Å². The number of nitrogens with one attached hydrogen (secondary N) is 1. The van der Waals surface area contributed by atoms with Gasteiger partial charge >= 0.3 is 0 Å². The molecule has 3 unspecified atom stereocenters. The molecular weight excluding hydrogens is 350 g/mol. The number of hydrogen-bond acceptors (Lipinski definition) is 4. The summed E-state index contributed by atoms with van der Waals surface area (Å²) >= 11 is 5.97. The van der Waals surface area contributed by atoms with Crippen LogP contribution >= 0.6 is 11.6 Å². The number of benzene rings is 1. The Kier molecular flexibility index (Phi) is 9.62. The molecule has 0 spiro atoms. The Morgan fingerprint density at radius 3 is 2.23 bits per heavy atom. The first-order valence-corrected chi connectivity index (χ1v) is 9.87. The van der Waals surface area contributed by atoms with Crippen molar-refractivity contribution in [1.29, 1.82) is 0 Å². The Bertz CT molecular complexity index is 523. The third-order valence-corrected chi connectivity index (χ3v) is 5.17. The highest BCUT2D eigenvalue weighted by molar-refractivity contribution is 6.30. The van der Waals surface area contributed by atoms with Gasteiger partial charge in [-0.1, -0.05) is 50.4 Å². The molecule has 1 aromatic carbocycles. The molecule has 0 saturated carbocycles. The Balaban J connectivity index is 0.000000412. The minimum Gasteiger partial charge on any atom is -0.462 e. The number of carbonyl (C=O) groups is 1. The van der Waals surface area contributed by atoms with Crippen LogP contribution in [-0.4, -0.2) is 36.4 Å². The van der Waals surface area contributed by atoms with Crippen molar-refractivity contribution in [2.45, 2.75) is 65.1 Å². The van der Waals surface area contributed by atoms with Crippen LogP contribution in [-0.2, 0) is 9.53 Å². The molecule has 1 heterocycles. The first-order valence-electron chi connectivity index (χ1n) is 9.49. The molecule has 2 N–H and O–H groups in total. The highest BCUT2D eigenvalue weighted by atomic mass is 35.5. The first-order chi connectivity index (χ1) is 12.2. The second-order valence-electron chi connectivity index (χ2n) is 7.87. The minimum atomic E-state index is -0.318. The third-order valence-electron chi connectivity index (χ3n) is 4.92. The van der Waals surface area contributed by atoms with Crippen molar-refractivity contribution in [3.05, 3.63) is 34.9 Å². The normalized spacial score (nSPS) is 23.2. The van der Waals surface area contributed by atoms with Crippen molar-refractivity contribution < 1.29 is 14.6 Å². The lowest BCUT2D eigenvalue weighted by molar-refractivity contribution is -0.138. The van der Waals surface area contributed by atoms with Crippen LogP contribution in [0.2, 0.25) is 5.02 Å². The van der Waals surface area contributed by atoms with Crippen molar-refractivity contribution in [2.24, 2.45) is 11.8 Å². The van der Waals surface area contributed by atoms with E-state index in [1.807, 2.05) is 32.9 Å². The van der Waals surface area contributed by atoms with Gasteiger partial charge in [0, 0.05) is 17.5 Å². The number of rotatable bonds is 5. The molecule has 0 radical (unpaired) electrons. The van der Waals surface area contributed by atoms with E-state index in [1.165, 1.54) is 18.4 Å². The standard InChI is InChI=1S/C16H24ClNO.C5H10O2/c1-3-11(4-2)14-9-18-10-15(19)16(14)12-5-7-13(17)8-6-12;1-5(2,3)7-4-6/h5-8,11,14-16,18-19H,3-4,9-10H2,1-2H3;4H,1-3H3. The number of ether oxygens (including phenoxy) is 1. The van der Waals surface area contributed by atoms with Gasteiger partial charge in [-0.15, -0.1) is 0 Å². The highest BCUT2D eigenvalue weighted by Crippen LogP contribution is 2.38. The first kappa shape index (κ1) is 22.9. The largest absolute Gasteiger partial charge is 0.462 e. The third kappa shape index (κ3) is 7.26. The lowest BCUT2D eigenvalue weighted by Gasteiger charge is -2.40. The molecule has 2 rings (SSSR count). The van der Waals surface area contributed by atoms with Crippen LogP contribution in [0.15, 0.2) is 24.3 Å². The zero-order valence-corrected chi connectivity index (χ0v) is 17.4. The van der Waals surface area contributed by atoms with Crippen molar-refractivity contribution in [2.75, 3.05) is 13.1 Å². The predicted molar refractivity (Wildman–Crippen MR) is 108 cm³/mol. The van der Waals surface area contributed by atoms with Crippen molar-refractivity contribution in [3.8, 4) is 0 Å². The maximum Gasteiger partial charge on any atom is 0.293 e. The summed E-state index contributed by atoms with van der Waals surface area (Å²) in [5.41, 5.74) is 0.900. The zero-order chi connectivity index (χ0) is 19.7. The van der Waals surface area contributed by atoms with Gasteiger partial charge in [0.2, 0.25) is 0 Å². The van der Waals surface area contributed by atoms with Crippen LogP contribution in [0.1, 0.15) is 58.9 Å². The van der Waals surface area contributed by atoms with Crippen molar-refractivity contribution in [3.63, 3.8) is 0 Å². The fraction of sp³-hybridized carbons (Fsp3) is 0.667. The van der Waals surface area contributed by atoms with Crippen molar-refractivity contribution >= 4 is 18.1 Å². The van der Waals surface area contributed by atoms with Crippen LogP contribution in [0.5, 0.6) is 0 Å². The topological polar surface area (TPSA) is 58.6 Å². The van der Waals surface area contributed by atoms with Crippen LogP contribution in [0.3, 0.4) is 0 Å². The summed E-state index contributed by atoms with van der Waals surface area (Å²) in [4.78, 5) is 9.60. The molecule has 1 fully saturated rings. The van der Waals surface area contributed by atoms with Gasteiger partial charge in [0.25, 0.3) is 6.47 Å². The zero-order valence-electron chi connectivity index (χ0n) is 16.7. The molecule has 0 aromatic heterocycles. The van der Waals surface area contributed by atoms with E-state index < -0.39 is 0 Å². The van der Waals surface area contributed by atoms with E-state index in [9.17, 15) is 9.90 Å². The van der Waals surface area contributed by atoms with Crippen LogP contribution in [0, 0.1) is 11.8 Å². The van der Waals surface area contributed by atoms with Gasteiger partial charge in [0.1, 0.15) is 5.60 Å². The molecule has 3 atom stereocenters. The van der Waals surface area contributed by atoms with E-state index in [2.05, 4.69) is 36.0 Å². The quantitative estimate of drug-likeness (QED) is 0.740. The average molecular weight is 384 g/mol. The number of hydrogen-bond donors (Lipinski definition) is 2. The Labute approximate surface area is 163 Å². The minimum absolute atomic E-state index is 0.225. The number of halogens is 1. The molecule has 4 nitrogen and oxygen atoms in total. The summed E-state index contributed by atoms with van der Waals surface area (Å²) in [6.07, 6.45) is 2.03. The molecule has 148 valence electrons. The predicted octanol–water partition coefficient (Wildman–Crippen LogP) is 4.40. The van der Waals surface area contributed by atoms with Gasteiger partial charge in [0.05, 0.1) is 6.10 Å². The molecule has 0 amide bonds. The highest BCUT2D eigenvalue weighted by Gasteiger charge is 2.36. The maximum absolute atomic E-state index is 10.4. The molecule has 1 aliphatic heterocycles. The van der Waals surface area contributed by atoms with Crippen LogP contribution in [0.25, 0.3) is 0 Å². The molecule has 1 aliphatic rings. The lowest BCUT2D eigenvalue weighted by Crippen LogP contribution is -2.47. The fourth-order valence-corrected chi connectivity index (χ4v) is 3.72. The molecule has 0 aliphatic carbocycles. The summed E-state index contributed by atoms with van der Waals surface area (Å²) in [5.74, 6) is 1.38. The SMILES string of the molecule is CC(C)(C)OC=O.CCC(CC)C1CNCC(O)C1c1ccc(Cl)cc1. The smallest absolute Gasteiger partial charge is 0.293 e. The summed E-state index contributed by atoms with van der Waals surface area (Å²) in [6.45, 7) is 12.1. The summed E-state index contributed by atoms with van der Waals surface area (Å²) in [6, 6.07) is 7.99. The Morgan fingerprint density at radius 1 is 1.23 bits per heavy atom. The second-order valence-corrected chi connectivity index (χ2v) is 8.31. The van der Waals surface area contributed by atoms with Gasteiger partial charge in [0.15, 0.2) is 0 Å². The Morgan fingerprint density at radius 2 is 1.81 bits per heavy atom. The molecule has 5 heteroatoms. The van der Waals surface area contributed by atoms with Gasteiger partial charge < -0.3 is 15.2 Å². The molecular formula is C21H34ClNO3. The summed E-state index contributed by atoms with van der Waals surface area (Å²) < 4.78 is 4.55. The molecule has 0 bridgehead atoms. The van der Waals surface area contributed by atoms with Crippen LogP contribution < -0.4 is 5.32 Å². The van der Waals surface area contributed by atoms with Gasteiger partial charge in [-0.2, -0.15) is 0 Å². The van der Waals surface area contributed by atoms with E-state index in [1.54, 1.807) is 0 Å². The molecule has 1 saturated heterocycles. The molecule has 1 aromatic rings. The van der Waals surface area contributed by atoms with Gasteiger partial charge in [-0.05, 0) is 56.8 Å². The average Bonchev–Trinajstić information content (AvgIpc) is 2.57. The van der Waals surface area contributed by atoms with Gasteiger partial charge in [-0.3, -0.25) is 4.79 Å². The van der Waals surface area contributed by atoms with Gasteiger partial charge in [-0.25, -0.2) is 0 Å². The van der Waals surface area contributed by atoms with E-state index in [4.69, 9.17) is 11.6 Å². The lowest BCUT2D eigenvalue weighted by atomic mass is 9.71. The van der Waals surface area contributed by atoms with E-state index >= 15 is 0 Å². The number of aliphatic hydroxyl groups excluding tert-OH is 1. The number of piperidine rings is 1. The maximum atomic E-state index is 10.4. The molecule has 26 heavy (non-hydrogen) atoms. The van der Waals surface area contributed by atoms with Crippen molar-refractivity contribution in [1.82, 2.24) is 5.32 Å². The summed E-state index contributed by atoms with van der Waals surface area (Å²) in [5, 5.41) is 14.5. The number of carbonyl (C=O) groups excluding carboxylic acids is 1. The monoisotopic (exact) mass is 383 g/mol.